The van der Waals surface area contributed by atoms with E-state index in [-0.39, 0.29) is 24.2 Å². The van der Waals surface area contributed by atoms with Crippen molar-refractivity contribution in [3.8, 4) is 11.5 Å². The van der Waals surface area contributed by atoms with Crippen LogP contribution < -0.4 is 20.5 Å². The van der Waals surface area contributed by atoms with Crippen LogP contribution in [0.5, 0.6) is 11.5 Å². The van der Waals surface area contributed by atoms with Gasteiger partial charge in [0.15, 0.2) is 11.5 Å². The average Bonchev–Trinajstić information content (AvgIpc) is 2.75. The molecular weight excluding hydrogens is 418 g/mol. The maximum Gasteiger partial charge on any atom is 0.228 e. The molecule has 0 spiro atoms. The molecule has 164 valence electrons. The summed E-state index contributed by atoms with van der Waals surface area (Å²) in [6.45, 7) is 3.12. The largest absolute Gasteiger partial charge is 0.486 e. The van der Waals surface area contributed by atoms with Gasteiger partial charge in [0, 0.05) is 18.8 Å². The van der Waals surface area contributed by atoms with E-state index < -0.39 is 0 Å². The van der Waals surface area contributed by atoms with Crippen LogP contribution in [0, 0.1) is 5.92 Å². The molecule has 8 heteroatoms. The highest BCUT2D eigenvalue weighted by molar-refractivity contribution is 6.32. The molecule has 0 bridgehead atoms. The van der Waals surface area contributed by atoms with Crippen molar-refractivity contribution < 1.29 is 19.1 Å². The molecule has 0 aliphatic carbocycles. The third-order valence-corrected chi connectivity index (χ3v) is 5.90. The average molecular weight is 444 g/mol. The van der Waals surface area contributed by atoms with Crippen LogP contribution in [0.15, 0.2) is 36.4 Å². The number of ether oxygens (including phenoxy) is 2. The molecule has 1 unspecified atom stereocenters. The Hall–Kier alpha value is -2.77. The first-order chi connectivity index (χ1) is 15.0. The predicted molar refractivity (Wildman–Crippen MR) is 118 cm³/mol. The van der Waals surface area contributed by atoms with Crippen LogP contribution in [-0.4, -0.2) is 43.0 Å². The van der Waals surface area contributed by atoms with Crippen molar-refractivity contribution >= 4 is 29.1 Å². The number of benzene rings is 2. The first-order valence-corrected chi connectivity index (χ1v) is 10.8. The molecule has 2 aliphatic rings. The van der Waals surface area contributed by atoms with Crippen molar-refractivity contribution in [3.63, 3.8) is 0 Å². The maximum absolute atomic E-state index is 12.7. The first kappa shape index (κ1) is 21.5. The molecule has 0 radical (unpaired) electrons. The Morgan fingerprint density at radius 1 is 1.19 bits per heavy atom. The fourth-order valence-corrected chi connectivity index (χ4v) is 4.39. The number of nitrogens with two attached hydrogens (primary N) is 1. The van der Waals surface area contributed by atoms with Crippen molar-refractivity contribution in [1.29, 1.82) is 0 Å². The Bertz CT molecular complexity index is 981. The lowest BCUT2D eigenvalue weighted by atomic mass is 9.97. The topological polar surface area (TPSA) is 93.9 Å². The van der Waals surface area contributed by atoms with Gasteiger partial charge in [-0.2, -0.15) is 0 Å². The third-order valence-electron chi connectivity index (χ3n) is 5.61. The van der Waals surface area contributed by atoms with E-state index in [1.165, 1.54) is 0 Å². The minimum atomic E-state index is -0.246. The van der Waals surface area contributed by atoms with Gasteiger partial charge in [-0.25, -0.2) is 0 Å². The summed E-state index contributed by atoms with van der Waals surface area (Å²) in [6.07, 6.45) is 1.94. The standard InChI is InChI=1S/C23H26ClN3O4/c24-18-10-15(11-20-22(18)31-9-8-30-20)12-21(28)26-19-6-2-1-4-16(19)13-27-7-3-5-17(14-27)23(25)29/h1-2,4,6,10-11,17H,3,5,7-9,12-14H2,(H2,25,29)(H,26,28). The van der Waals surface area contributed by atoms with Crippen LogP contribution in [0.3, 0.4) is 0 Å². The van der Waals surface area contributed by atoms with Crippen LogP contribution in [0.4, 0.5) is 5.69 Å². The first-order valence-electron chi connectivity index (χ1n) is 10.5. The quantitative estimate of drug-likeness (QED) is 0.715. The molecule has 2 heterocycles. The summed E-state index contributed by atoms with van der Waals surface area (Å²) < 4.78 is 11.1. The van der Waals surface area contributed by atoms with E-state index in [2.05, 4.69) is 10.2 Å². The maximum atomic E-state index is 12.7. The Balaban J connectivity index is 1.42. The molecule has 2 aromatic carbocycles. The number of carbonyl (C=O) groups is 2. The summed E-state index contributed by atoms with van der Waals surface area (Å²) in [4.78, 5) is 26.5. The number of halogens is 1. The number of nitrogens with zero attached hydrogens (tertiary/aromatic N) is 1. The van der Waals surface area contributed by atoms with Gasteiger partial charge in [0.25, 0.3) is 0 Å². The Kier molecular flexibility index (Phi) is 6.63. The highest BCUT2D eigenvalue weighted by atomic mass is 35.5. The highest BCUT2D eigenvalue weighted by Gasteiger charge is 2.24. The highest BCUT2D eigenvalue weighted by Crippen LogP contribution is 2.38. The second kappa shape index (κ2) is 9.58. The summed E-state index contributed by atoms with van der Waals surface area (Å²) in [7, 11) is 0. The predicted octanol–water partition coefficient (Wildman–Crippen LogP) is 2.99. The van der Waals surface area contributed by atoms with E-state index >= 15 is 0 Å². The van der Waals surface area contributed by atoms with E-state index in [1.807, 2.05) is 24.3 Å². The molecule has 7 nitrogen and oxygen atoms in total. The van der Waals surface area contributed by atoms with Gasteiger partial charge in [0.2, 0.25) is 11.8 Å². The van der Waals surface area contributed by atoms with Crippen LogP contribution in [0.1, 0.15) is 24.0 Å². The SMILES string of the molecule is NC(=O)C1CCCN(Cc2ccccc2NC(=O)Cc2cc(Cl)c3c(c2)OCCO3)C1. The number of fused-ring (bicyclic) bond motifs is 1. The number of hydrogen-bond donors (Lipinski definition) is 2. The second-order valence-corrected chi connectivity index (χ2v) is 8.37. The number of anilines is 1. The zero-order chi connectivity index (χ0) is 21.8. The minimum Gasteiger partial charge on any atom is -0.486 e. The summed E-state index contributed by atoms with van der Waals surface area (Å²) in [5.74, 6) is 0.586. The third kappa shape index (κ3) is 5.29. The number of para-hydroxylation sites is 1. The van der Waals surface area contributed by atoms with E-state index in [9.17, 15) is 9.59 Å². The Morgan fingerprint density at radius 3 is 2.84 bits per heavy atom. The normalized spacial score (nSPS) is 18.4. The van der Waals surface area contributed by atoms with Crippen LogP contribution in [0.25, 0.3) is 0 Å². The molecule has 1 atom stereocenters. The summed E-state index contributed by atoms with van der Waals surface area (Å²) in [5.41, 5.74) is 8.01. The molecule has 3 N–H and O–H groups in total. The number of likely N-dealkylation sites (tertiary alicyclic amines) is 1. The Labute approximate surface area is 186 Å². The van der Waals surface area contributed by atoms with Gasteiger partial charge in [-0.1, -0.05) is 29.8 Å². The van der Waals surface area contributed by atoms with Gasteiger partial charge < -0.3 is 20.5 Å². The zero-order valence-electron chi connectivity index (χ0n) is 17.2. The number of nitrogens with one attached hydrogen (secondary N) is 1. The molecule has 31 heavy (non-hydrogen) atoms. The summed E-state index contributed by atoms with van der Waals surface area (Å²) >= 11 is 6.28. The van der Waals surface area contributed by atoms with Crippen LogP contribution in [0.2, 0.25) is 5.02 Å². The monoisotopic (exact) mass is 443 g/mol. The molecule has 2 aliphatic heterocycles. The lowest BCUT2D eigenvalue weighted by Crippen LogP contribution is -2.40. The Morgan fingerprint density at radius 2 is 2.00 bits per heavy atom. The molecule has 0 aromatic heterocycles. The smallest absolute Gasteiger partial charge is 0.228 e. The lowest BCUT2D eigenvalue weighted by Gasteiger charge is -2.31. The molecule has 2 aromatic rings. The van der Waals surface area contributed by atoms with Crippen molar-refractivity contribution in [2.75, 3.05) is 31.6 Å². The van der Waals surface area contributed by atoms with Crippen molar-refractivity contribution in [2.45, 2.75) is 25.8 Å². The van der Waals surface area contributed by atoms with E-state index in [1.54, 1.807) is 12.1 Å². The van der Waals surface area contributed by atoms with E-state index in [0.717, 1.165) is 36.2 Å². The molecule has 1 fully saturated rings. The second-order valence-electron chi connectivity index (χ2n) is 7.96. The molecule has 4 rings (SSSR count). The number of piperidine rings is 1. The molecular formula is C23H26ClN3O4. The van der Waals surface area contributed by atoms with Gasteiger partial charge in [-0.05, 0) is 48.7 Å². The van der Waals surface area contributed by atoms with Gasteiger partial charge in [-0.15, -0.1) is 0 Å². The fraction of sp³-hybridized carbons (Fsp3) is 0.391. The zero-order valence-corrected chi connectivity index (χ0v) is 18.0. The van der Waals surface area contributed by atoms with Crippen molar-refractivity contribution in [2.24, 2.45) is 11.7 Å². The van der Waals surface area contributed by atoms with Crippen molar-refractivity contribution in [3.05, 3.63) is 52.5 Å². The number of carbonyl (C=O) groups excluding carboxylic acids is 2. The molecule has 0 saturated carbocycles. The van der Waals surface area contributed by atoms with Crippen molar-refractivity contribution in [1.82, 2.24) is 4.90 Å². The van der Waals surface area contributed by atoms with Gasteiger partial charge in [-0.3, -0.25) is 14.5 Å². The van der Waals surface area contributed by atoms with Crippen LogP contribution >= 0.6 is 11.6 Å². The fourth-order valence-electron chi connectivity index (χ4n) is 4.10. The number of rotatable bonds is 6. The van der Waals surface area contributed by atoms with Gasteiger partial charge in [0.1, 0.15) is 13.2 Å². The lowest BCUT2D eigenvalue weighted by molar-refractivity contribution is -0.123. The van der Waals surface area contributed by atoms with Gasteiger partial charge in [0.05, 0.1) is 17.4 Å². The number of primary amides is 1. The van der Waals surface area contributed by atoms with Crippen LogP contribution in [-0.2, 0) is 22.6 Å². The molecule has 1 saturated heterocycles. The van der Waals surface area contributed by atoms with Gasteiger partial charge >= 0.3 is 0 Å². The minimum absolute atomic E-state index is 0.115. The van der Waals surface area contributed by atoms with E-state index in [0.29, 0.717) is 42.8 Å². The van der Waals surface area contributed by atoms with E-state index in [4.69, 9.17) is 26.8 Å². The summed E-state index contributed by atoms with van der Waals surface area (Å²) in [5, 5.41) is 3.45. The molecule has 2 amide bonds. The number of hydrogen-bond acceptors (Lipinski definition) is 5. The number of amides is 2. The summed E-state index contributed by atoms with van der Waals surface area (Å²) in [6, 6.07) is 11.2.